The van der Waals surface area contributed by atoms with E-state index in [0.717, 1.165) is 16.7 Å². The zero-order chi connectivity index (χ0) is 23.6. The van der Waals surface area contributed by atoms with Crippen LogP contribution in [-0.2, 0) is 26.2 Å². The molecule has 0 N–H and O–H groups in total. The summed E-state index contributed by atoms with van der Waals surface area (Å²) in [5.74, 6) is 0. The molecule has 0 bridgehead atoms. The minimum Gasteiger partial charge on any atom is -0.207 e. The van der Waals surface area contributed by atoms with Crippen LogP contribution in [0.1, 0.15) is 41.6 Å². The van der Waals surface area contributed by atoms with Crippen molar-refractivity contribution in [1.29, 1.82) is 5.26 Å². The second-order valence-electron chi connectivity index (χ2n) is 7.09. The molecule has 1 unspecified atom stereocenters. The van der Waals surface area contributed by atoms with E-state index in [1.54, 1.807) is 28.6 Å². The maximum atomic E-state index is 13.6. The van der Waals surface area contributed by atoms with Crippen molar-refractivity contribution in [2.75, 3.05) is 0 Å². The summed E-state index contributed by atoms with van der Waals surface area (Å²) in [5.41, 5.74) is 3.36. The van der Waals surface area contributed by atoms with Gasteiger partial charge >= 0.3 is 6.15 Å². The minimum atomic E-state index is -3.72. The van der Waals surface area contributed by atoms with Gasteiger partial charge in [0.05, 0.1) is 22.6 Å². The van der Waals surface area contributed by atoms with Gasteiger partial charge in [-0.05, 0) is 48.7 Å². The SMILES string of the molecule is CCC(c1ccccc1)N(Cc1ccc(C#N)cc1)S(=O)(=O)c1ccc(C)cc1.O=C=O. The molecule has 0 amide bonds. The Balaban J connectivity index is 0.00000114. The van der Waals surface area contributed by atoms with Crippen LogP contribution in [-0.4, -0.2) is 18.9 Å². The van der Waals surface area contributed by atoms with Crippen molar-refractivity contribution in [3.63, 3.8) is 0 Å². The number of sulfonamides is 1. The van der Waals surface area contributed by atoms with E-state index in [4.69, 9.17) is 14.9 Å². The second kappa shape index (κ2) is 11.7. The lowest BCUT2D eigenvalue weighted by Gasteiger charge is -2.31. The van der Waals surface area contributed by atoms with Crippen molar-refractivity contribution in [1.82, 2.24) is 4.31 Å². The lowest BCUT2D eigenvalue weighted by atomic mass is 10.0. The lowest BCUT2D eigenvalue weighted by molar-refractivity contribution is -0.191. The van der Waals surface area contributed by atoms with E-state index >= 15 is 0 Å². The molecule has 0 fully saturated rings. The Morgan fingerprint density at radius 1 is 0.906 bits per heavy atom. The molecule has 0 heterocycles. The number of aryl methyl sites for hydroxylation is 1. The average Bonchev–Trinajstić information content (AvgIpc) is 2.81. The Kier molecular flexibility index (Phi) is 9.06. The molecule has 6 nitrogen and oxygen atoms in total. The molecule has 0 saturated heterocycles. The van der Waals surface area contributed by atoms with Crippen LogP contribution in [0.2, 0.25) is 0 Å². The monoisotopic (exact) mass is 448 g/mol. The minimum absolute atomic E-state index is 0.231. The highest BCUT2D eigenvalue weighted by Gasteiger charge is 2.31. The summed E-state index contributed by atoms with van der Waals surface area (Å²) in [6, 6.07) is 25.5. The Labute approximate surface area is 188 Å². The van der Waals surface area contributed by atoms with Crippen LogP contribution in [0.25, 0.3) is 0 Å². The molecule has 3 aromatic rings. The molecule has 0 saturated carbocycles. The Bertz CT molecular complexity index is 1180. The van der Waals surface area contributed by atoms with Gasteiger partial charge in [-0.25, -0.2) is 8.42 Å². The number of nitrogens with zero attached hydrogens (tertiary/aromatic N) is 2. The van der Waals surface area contributed by atoms with Gasteiger partial charge in [0.25, 0.3) is 0 Å². The van der Waals surface area contributed by atoms with Crippen molar-refractivity contribution in [3.05, 3.63) is 101 Å². The van der Waals surface area contributed by atoms with E-state index < -0.39 is 10.0 Å². The maximum absolute atomic E-state index is 13.6. The summed E-state index contributed by atoms with van der Waals surface area (Å²) >= 11 is 0. The average molecular weight is 449 g/mol. The molecule has 0 radical (unpaired) electrons. The summed E-state index contributed by atoms with van der Waals surface area (Å²) in [6.07, 6.45) is 0.894. The smallest absolute Gasteiger partial charge is 0.207 e. The Morgan fingerprint density at radius 3 is 1.97 bits per heavy atom. The van der Waals surface area contributed by atoms with Crippen LogP contribution in [0.4, 0.5) is 0 Å². The zero-order valence-corrected chi connectivity index (χ0v) is 18.7. The number of hydrogen-bond acceptors (Lipinski definition) is 5. The van der Waals surface area contributed by atoms with Crippen molar-refractivity contribution in [2.24, 2.45) is 0 Å². The molecule has 164 valence electrons. The lowest BCUT2D eigenvalue weighted by Crippen LogP contribution is -2.34. The quantitative estimate of drug-likeness (QED) is 0.525. The van der Waals surface area contributed by atoms with Gasteiger partial charge in [-0.3, -0.25) is 0 Å². The maximum Gasteiger partial charge on any atom is 0.373 e. The topological polar surface area (TPSA) is 95.3 Å². The molecule has 32 heavy (non-hydrogen) atoms. The highest BCUT2D eigenvalue weighted by molar-refractivity contribution is 7.89. The number of nitriles is 1. The van der Waals surface area contributed by atoms with Crippen molar-refractivity contribution in [3.8, 4) is 6.07 Å². The molecule has 0 spiro atoms. The number of hydrogen-bond donors (Lipinski definition) is 0. The van der Waals surface area contributed by atoms with E-state index in [2.05, 4.69) is 6.07 Å². The predicted molar refractivity (Wildman–Crippen MR) is 120 cm³/mol. The number of rotatable bonds is 7. The molecule has 0 aliphatic rings. The number of benzene rings is 3. The van der Waals surface area contributed by atoms with Gasteiger partial charge in [0, 0.05) is 6.54 Å². The van der Waals surface area contributed by atoms with E-state index in [0.29, 0.717) is 12.0 Å². The first-order valence-corrected chi connectivity index (χ1v) is 11.4. The zero-order valence-electron chi connectivity index (χ0n) is 17.9. The van der Waals surface area contributed by atoms with E-state index in [9.17, 15) is 8.42 Å². The predicted octanol–water partition coefficient (Wildman–Crippen LogP) is 4.63. The molecule has 0 aromatic heterocycles. The van der Waals surface area contributed by atoms with Crippen LogP contribution in [0.5, 0.6) is 0 Å². The summed E-state index contributed by atoms with van der Waals surface area (Å²) in [6.45, 7) is 4.16. The summed E-state index contributed by atoms with van der Waals surface area (Å²) in [7, 11) is -3.72. The van der Waals surface area contributed by atoms with Crippen molar-refractivity contribution >= 4 is 16.2 Å². The van der Waals surface area contributed by atoms with Gasteiger partial charge < -0.3 is 0 Å². The highest BCUT2D eigenvalue weighted by Crippen LogP contribution is 2.32. The Hall–Kier alpha value is -3.56. The van der Waals surface area contributed by atoms with Gasteiger partial charge in [-0.15, -0.1) is 0 Å². The van der Waals surface area contributed by atoms with E-state index in [-0.39, 0.29) is 23.6 Å². The molecule has 3 aromatic carbocycles. The third-order valence-corrected chi connectivity index (χ3v) is 6.84. The van der Waals surface area contributed by atoms with Crippen LogP contribution >= 0.6 is 0 Å². The highest BCUT2D eigenvalue weighted by atomic mass is 32.2. The Morgan fingerprint density at radius 2 is 1.47 bits per heavy atom. The first-order valence-electron chi connectivity index (χ1n) is 9.99. The number of carbonyl (C=O) groups excluding carboxylic acids is 2. The normalized spacial score (nSPS) is 11.6. The summed E-state index contributed by atoms with van der Waals surface area (Å²) in [5, 5.41) is 9.03. The van der Waals surface area contributed by atoms with Crippen molar-refractivity contribution in [2.45, 2.75) is 37.8 Å². The standard InChI is InChI=1S/C24H24N2O2S.CO2/c1-3-24(22-7-5-4-6-8-22)26(18-21-13-11-20(17-25)12-14-21)29(27,28)23-15-9-19(2)10-16-23;2-1-3/h4-16,24H,3,18H2,1-2H3;. The molecule has 3 rings (SSSR count). The third-order valence-electron chi connectivity index (χ3n) is 4.97. The van der Waals surface area contributed by atoms with Crippen molar-refractivity contribution < 1.29 is 18.0 Å². The summed E-state index contributed by atoms with van der Waals surface area (Å²) < 4.78 is 28.8. The molecule has 0 aliphatic heterocycles. The fourth-order valence-corrected chi connectivity index (χ4v) is 5.03. The van der Waals surface area contributed by atoms with Gasteiger partial charge in [-0.2, -0.15) is 19.2 Å². The first-order chi connectivity index (χ1) is 15.4. The third kappa shape index (κ3) is 6.22. The molecule has 7 heteroatoms. The fourth-order valence-electron chi connectivity index (χ4n) is 3.35. The van der Waals surface area contributed by atoms with Gasteiger partial charge in [0.2, 0.25) is 10.0 Å². The van der Waals surface area contributed by atoms with E-state index in [1.807, 2.05) is 68.4 Å². The molecule has 0 aliphatic carbocycles. The molecule has 1 atom stereocenters. The van der Waals surface area contributed by atoms with Crippen LogP contribution in [0.15, 0.2) is 83.8 Å². The van der Waals surface area contributed by atoms with Crippen LogP contribution < -0.4 is 0 Å². The van der Waals surface area contributed by atoms with E-state index in [1.165, 1.54) is 0 Å². The molecular formula is C25H24N2O4S. The molecular weight excluding hydrogens is 424 g/mol. The van der Waals surface area contributed by atoms with Crippen LogP contribution in [0, 0.1) is 18.3 Å². The largest absolute Gasteiger partial charge is 0.373 e. The first kappa shape index (κ1) is 24.7. The van der Waals surface area contributed by atoms with Gasteiger partial charge in [0.15, 0.2) is 0 Å². The van der Waals surface area contributed by atoms with Gasteiger partial charge in [0.1, 0.15) is 0 Å². The summed E-state index contributed by atoms with van der Waals surface area (Å²) in [4.78, 5) is 16.5. The van der Waals surface area contributed by atoms with Crippen LogP contribution in [0.3, 0.4) is 0 Å². The fraction of sp³-hybridized carbons (Fsp3) is 0.200. The second-order valence-corrected chi connectivity index (χ2v) is 8.98. The van der Waals surface area contributed by atoms with Gasteiger partial charge in [-0.1, -0.05) is 67.1 Å².